The molecule has 0 aliphatic heterocycles. The summed E-state index contributed by atoms with van der Waals surface area (Å²) in [5.74, 6) is -0.798. The van der Waals surface area contributed by atoms with Crippen molar-refractivity contribution < 1.29 is 54.5 Å². The second kappa shape index (κ2) is 16.5. The van der Waals surface area contributed by atoms with E-state index in [-0.39, 0.29) is 44.9 Å². The number of ether oxygens (including phenoxy) is 2. The molecule has 0 aromatic rings. The van der Waals surface area contributed by atoms with Gasteiger partial charge in [-0.25, -0.2) is 0 Å². The van der Waals surface area contributed by atoms with E-state index < -0.39 is 49.6 Å². The largest absolute Gasteiger partial charge is 0.460 e. The van der Waals surface area contributed by atoms with E-state index in [9.17, 15) is 31.5 Å². The van der Waals surface area contributed by atoms with Gasteiger partial charge in [0.05, 0.1) is 31.3 Å². The third kappa shape index (κ3) is 28.9. The van der Waals surface area contributed by atoms with Crippen molar-refractivity contribution in [2.24, 2.45) is 0 Å². The first-order valence-corrected chi connectivity index (χ1v) is 15.1. The van der Waals surface area contributed by atoms with E-state index in [1.807, 2.05) is 0 Å². The number of carbonyl (C=O) groups excluding carboxylic acids is 2. The molecule has 0 heterocycles. The highest BCUT2D eigenvalue weighted by molar-refractivity contribution is 7.86. The van der Waals surface area contributed by atoms with Gasteiger partial charge in [0.1, 0.15) is 11.2 Å². The molecular formula is C22H44O12S2. The Balaban J connectivity index is 0. The van der Waals surface area contributed by atoms with Crippen molar-refractivity contribution >= 4 is 32.2 Å². The van der Waals surface area contributed by atoms with E-state index in [4.69, 9.17) is 18.8 Å². The molecule has 0 aliphatic carbocycles. The number of hydrogen-bond donors (Lipinski definition) is 2. The third-order valence-electron chi connectivity index (χ3n) is 3.70. The first-order chi connectivity index (χ1) is 16.0. The zero-order valence-corrected chi connectivity index (χ0v) is 24.2. The number of aliphatic hydroxyl groups is 2. The molecule has 2 atom stereocenters. The fraction of sp³-hybridized carbons (Fsp3) is 0.909. The maximum atomic E-state index is 11.6. The molecule has 0 saturated heterocycles. The van der Waals surface area contributed by atoms with Gasteiger partial charge in [-0.3, -0.25) is 18.0 Å². The number of rotatable bonds is 14. The van der Waals surface area contributed by atoms with Crippen molar-refractivity contribution in [3.05, 3.63) is 0 Å². The predicted molar refractivity (Wildman–Crippen MR) is 133 cm³/mol. The Morgan fingerprint density at radius 1 is 0.750 bits per heavy atom. The van der Waals surface area contributed by atoms with Crippen molar-refractivity contribution in [1.29, 1.82) is 0 Å². The molecule has 0 bridgehead atoms. The topological polar surface area (TPSA) is 180 Å². The minimum absolute atomic E-state index is 0.0168. The molecule has 0 aliphatic rings. The molecule has 0 radical (unpaired) electrons. The fourth-order valence-electron chi connectivity index (χ4n) is 2.46. The number of esters is 2. The maximum absolute atomic E-state index is 11.6. The second-order valence-corrected chi connectivity index (χ2v) is 13.4. The monoisotopic (exact) mass is 564 g/mol. The van der Waals surface area contributed by atoms with Crippen LogP contribution in [0.5, 0.6) is 0 Å². The van der Waals surface area contributed by atoms with Crippen LogP contribution >= 0.6 is 0 Å². The predicted octanol–water partition coefficient (Wildman–Crippen LogP) is 1.67. The molecule has 36 heavy (non-hydrogen) atoms. The molecule has 0 spiro atoms. The summed E-state index contributed by atoms with van der Waals surface area (Å²) in [4.78, 5) is 22.8. The Labute approximate surface area is 215 Å². The van der Waals surface area contributed by atoms with Crippen LogP contribution in [0, 0.1) is 0 Å². The van der Waals surface area contributed by atoms with E-state index in [1.165, 1.54) is 0 Å². The fourth-order valence-corrected chi connectivity index (χ4v) is 3.55. The van der Waals surface area contributed by atoms with Gasteiger partial charge < -0.3 is 19.7 Å². The van der Waals surface area contributed by atoms with E-state index in [1.54, 1.807) is 41.5 Å². The lowest BCUT2D eigenvalue weighted by molar-refractivity contribution is -0.156. The minimum Gasteiger partial charge on any atom is -0.460 e. The van der Waals surface area contributed by atoms with E-state index in [0.29, 0.717) is 12.8 Å². The molecule has 12 nitrogen and oxygen atoms in total. The van der Waals surface area contributed by atoms with Crippen LogP contribution in [-0.2, 0) is 47.7 Å². The number of aliphatic hydroxyl groups excluding tert-OH is 2. The van der Waals surface area contributed by atoms with Gasteiger partial charge in [0.15, 0.2) is 0 Å². The molecule has 0 saturated carbocycles. The standard InChI is InChI=1S/C12H24O8S2.C10H20O4/c1-12(2,3)19-11(13)7-6-10(20-22(5,16)17)8-9-18-21(4,14)15;1-10(2,3)14-9(13)5-4-8(12)6-7-11/h10H,6-9H2,1-5H3;8,11-12H,4-7H2,1-3H3. The van der Waals surface area contributed by atoms with Crippen molar-refractivity contribution in [2.45, 2.75) is 103 Å². The molecule has 0 fully saturated rings. The Bertz CT molecular complexity index is 852. The highest BCUT2D eigenvalue weighted by Gasteiger charge is 2.21. The zero-order valence-electron chi connectivity index (χ0n) is 22.6. The smallest absolute Gasteiger partial charge is 0.306 e. The van der Waals surface area contributed by atoms with Crippen molar-refractivity contribution in [3.8, 4) is 0 Å². The Morgan fingerprint density at radius 2 is 1.19 bits per heavy atom. The van der Waals surface area contributed by atoms with E-state index in [0.717, 1.165) is 12.5 Å². The van der Waals surface area contributed by atoms with E-state index >= 15 is 0 Å². The Kier molecular flexibility index (Phi) is 16.9. The summed E-state index contributed by atoms with van der Waals surface area (Å²) < 4.78 is 63.6. The first kappa shape index (κ1) is 36.8. The molecule has 216 valence electrons. The molecule has 0 rings (SSSR count). The summed E-state index contributed by atoms with van der Waals surface area (Å²) in [6.45, 7) is 10.3. The summed E-state index contributed by atoms with van der Waals surface area (Å²) >= 11 is 0. The second-order valence-electron chi connectivity index (χ2n) is 10.2. The summed E-state index contributed by atoms with van der Waals surface area (Å²) in [5, 5.41) is 17.7. The average molecular weight is 565 g/mol. The van der Waals surface area contributed by atoms with Gasteiger partial charge in [0.2, 0.25) is 0 Å². The Morgan fingerprint density at radius 3 is 1.56 bits per heavy atom. The van der Waals surface area contributed by atoms with Gasteiger partial charge in [-0.2, -0.15) is 16.8 Å². The lowest BCUT2D eigenvalue weighted by atomic mass is 10.1. The van der Waals surface area contributed by atoms with E-state index in [2.05, 4.69) is 4.18 Å². The van der Waals surface area contributed by atoms with Crippen LogP contribution in [0.25, 0.3) is 0 Å². The third-order valence-corrected chi connectivity index (χ3v) is 4.92. The van der Waals surface area contributed by atoms with Crippen LogP contribution < -0.4 is 0 Å². The maximum Gasteiger partial charge on any atom is 0.306 e. The molecular weight excluding hydrogens is 520 g/mol. The summed E-state index contributed by atoms with van der Waals surface area (Å²) in [7, 11) is -7.34. The van der Waals surface area contributed by atoms with Gasteiger partial charge in [0, 0.05) is 19.4 Å². The van der Waals surface area contributed by atoms with Crippen LogP contribution in [0.3, 0.4) is 0 Å². The van der Waals surface area contributed by atoms with Gasteiger partial charge >= 0.3 is 11.9 Å². The highest BCUT2D eigenvalue weighted by Crippen LogP contribution is 2.15. The zero-order chi connectivity index (χ0) is 28.8. The molecule has 2 N–H and O–H groups in total. The summed E-state index contributed by atoms with van der Waals surface area (Å²) in [6, 6.07) is 0. The summed E-state index contributed by atoms with van der Waals surface area (Å²) in [5.41, 5.74) is -1.11. The lowest BCUT2D eigenvalue weighted by Gasteiger charge is -2.21. The van der Waals surface area contributed by atoms with Gasteiger partial charge in [-0.15, -0.1) is 0 Å². The van der Waals surface area contributed by atoms with Crippen LogP contribution in [-0.4, -0.2) is 88.1 Å². The van der Waals surface area contributed by atoms with Gasteiger partial charge in [-0.05, 0) is 67.2 Å². The lowest BCUT2D eigenvalue weighted by Crippen LogP contribution is -2.26. The van der Waals surface area contributed by atoms with Crippen LogP contribution in [0.4, 0.5) is 0 Å². The molecule has 14 heteroatoms. The molecule has 0 aromatic heterocycles. The van der Waals surface area contributed by atoms with Gasteiger partial charge in [0.25, 0.3) is 20.2 Å². The average Bonchev–Trinajstić information content (AvgIpc) is 2.60. The SMILES string of the molecule is CC(C)(C)OC(=O)CCC(CCOS(C)(=O)=O)OS(C)(=O)=O.CC(C)(C)OC(=O)CCC(O)CCO. The number of carbonyl (C=O) groups is 2. The summed E-state index contributed by atoms with van der Waals surface area (Å²) in [6.07, 6.45) is 1.19. The normalized spacial score (nSPS) is 14.3. The Hall–Kier alpha value is -1.32. The highest BCUT2D eigenvalue weighted by atomic mass is 32.2. The minimum atomic E-state index is -3.73. The molecule has 0 aromatic carbocycles. The van der Waals surface area contributed by atoms with Crippen molar-refractivity contribution in [1.82, 2.24) is 0 Å². The van der Waals surface area contributed by atoms with Gasteiger partial charge in [-0.1, -0.05) is 0 Å². The van der Waals surface area contributed by atoms with Crippen molar-refractivity contribution in [2.75, 3.05) is 25.7 Å². The number of hydrogen-bond acceptors (Lipinski definition) is 12. The molecule has 0 amide bonds. The molecule has 2 unspecified atom stereocenters. The van der Waals surface area contributed by atoms with Crippen LogP contribution in [0.15, 0.2) is 0 Å². The van der Waals surface area contributed by atoms with Crippen LogP contribution in [0.2, 0.25) is 0 Å². The van der Waals surface area contributed by atoms with Crippen LogP contribution in [0.1, 0.15) is 80.1 Å². The van der Waals surface area contributed by atoms with Crippen molar-refractivity contribution in [3.63, 3.8) is 0 Å². The first-order valence-electron chi connectivity index (χ1n) is 11.5. The quantitative estimate of drug-likeness (QED) is 0.230.